The lowest BCUT2D eigenvalue weighted by Gasteiger charge is -2.18. The van der Waals surface area contributed by atoms with Crippen LogP contribution in [0.1, 0.15) is 19.4 Å². The van der Waals surface area contributed by atoms with Crippen molar-refractivity contribution in [2.45, 2.75) is 38.4 Å². The van der Waals surface area contributed by atoms with Gasteiger partial charge in [0.2, 0.25) is 0 Å². The minimum atomic E-state index is -3.58. The highest BCUT2D eigenvalue weighted by Gasteiger charge is 2.49. The fourth-order valence-corrected chi connectivity index (χ4v) is 3.61. The Bertz CT molecular complexity index is 695. The molecule has 0 saturated carbocycles. The van der Waals surface area contributed by atoms with E-state index < -0.39 is 43.3 Å². The molecule has 0 bridgehead atoms. The van der Waals surface area contributed by atoms with Gasteiger partial charge in [0.15, 0.2) is 29.6 Å². The zero-order valence-electron chi connectivity index (χ0n) is 15.9. The molecule has 0 aliphatic carbocycles. The van der Waals surface area contributed by atoms with Crippen LogP contribution in [0.15, 0.2) is 30.3 Å². The number of hydrogen-bond donors (Lipinski definition) is 0. The van der Waals surface area contributed by atoms with E-state index in [9.17, 15) is 14.2 Å². The summed E-state index contributed by atoms with van der Waals surface area (Å²) in [4.78, 5) is 25.1. The summed E-state index contributed by atoms with van der Waals surface area (Å²) in [5.41, 5.74) is 0.919. The Kier molecular flexibility index (Phi) is 7.45. The van der Waals surface area contributed by atoms with Gasteiger partial charge in [0.1, 0.15) is 12.8 Å². The van der Waals surface area contributed by atoms with Crippen LogP contribution in [0.3, 0.4) is 0 Å². The van der Waals surface area contributed by atoms with Gasteiger partial charge in [-0.1, -0.05) is 30.3 Å². The summed E-state index contributed by atoms with van der Waals surface area (Å²) in [6.07, 6.45) is -2.87. The van der Waals surface area contributed by atoms with Crippen molar-refractivity contribution in [2.24, 2.45) is 0 Å². The standard InChI is InChI=1S/C18H25O8P/c1-18(2)25-16(14(19)11-24-10-13-8-6-5-7-9-13)17(26-18)15(20)12-27(21,22-3)23-4/h5-9,16-17H,10-12H2,1-4H3. The minimum Gasteiger partial charge on any atom is -0.369 e. The second kappa shape index (κ2) is 9.19. The summed E-state index contributed by atoms with van der Waals surface area (Å²) in [6, 6.07) is 9.38. The maximum absolute atomic E-state index is 12.5. The monoisotopic (exact) mass is 400 g/mol. The average Bonchev–Trinajstić information content (AvgIpc) is 2.98. The molecule has 0 aromatic heterocycles. The molecule has 0 amide bonds. The Morgan fingerprint density at radius 1 is 1.04 bits per heavy atom. The first-order valence-corrected chi connectivity index (χ1v) is 10.2. The van der Waals surface area contributed by atoms with Crippen molar-refractivity contribution >= 4 is 19.2 Å². The number of ketones is 2. The Hall–Kier alpha value is -1.41. The second-order valence-corrected chi connectivity index (χ2v) is 8.79. The second-order valence-electron chi connectivity index (χ2n) is 6.52. The van der Waals surface area contributed by atoms with Crippen LogP contribution in [-0.2, 0) is 44.0 Å². The van der Waals surface area contributed by atoms with Gasteiger partial charge in [-0.2, -0.15) is 0 Å². The smallest absolute Gasteiger partial charge is 0.337 e. The minimum absolute atomic E-state index is 0.241. The van der Waals surface area contributed by atoms with Gasteiger partial charge in [-0.05, 0) is 19.4 Å². The van der Waals surface area contributed by atoms with E-state index in [2.05, 4.69) is 0 Å². The van der Waals surface area contributed by atoms with Crippen molar-refractivity contribution in [2.75, 3.05) is 27.0 Å². The number of benzene rings is 1. The largest absolute Gasteiger partial charge is 0.369 e. The molecule has 0 N–H and O–H groups in total. The number of carbonyl (C=O) groups excluding carboxylic acids is 2. The predicted molar refractivity (Wildman–Crippen MR) is 96.4 cm³/mol. The molecule has 1 aromatic rings. The molecule has 9 heteroatoms. The van der Waals surface area contributed by atoms with Gasteiger partial charge in [0, 0.05) is 14.2 Å². The Morgan fingerprint density at radius 3 is 2.15 bits per heavy atom. The number of rotatable bonds is 10. The van der Waals surface area contributed by atoms with E-state index in [4.69, 9.17) is 23.3 Å². The summed E-state index contributed by atoms with van der Waals surface area (Å²) in [5.74, 6) is -2.15. The van der Waals surface area contributed by atoms with Crippen LogP contribution in [0.25, 0.3) is 0 Å². The number of hydrogen-bond acceptors (Lipinski definition) is 8. The maximum atomic E-state index is 12.5. The summed E-state index contributed by atoms with van der Waals surface area (Å²) in [6.45, 7) is 3.20. The molecular formula is C18H25O8P. The molecule has 1 aromatic carbocycles. The number of ether oxygens (including phenoxy) is 3. The van der Waals surface area contributed by atoms with Crippen LogP contribution in [0, 0.1) is 0 Å². The molecule has 2 atom stereocenters. The lowest BCUT2D eigenvalue weighted by atomic mass is 10.1. The SMILES string of the molecule is COP(=O)(CC(=O)C1OC(C)(C)OC1C(=O)COCc1ccccc1)OC. The molecule has 1 heterocycles. The van der Waals surface area contributed by atoms with Crippen LogP contribution >= 0.6 is 7.60 Å². The zero-order chi connectivity index (χ0) is 20.1. The van der Waals surface area contributed by atoms with E-state index in [-0.39, 0.29) is 13.2 Å². The van der Waals surface area contributed by atoms with E-state index in [1.54, 1.807) is 13.8 Å². The average molecular weight is 400 g/mol. The lowest BCUT2D eigenvalue weighted by Crippen LogP contribution is -2.40. The fourth-order valence-electron chi connectivity index (χ4n) is 2.64. The van der Waals surface area contributed by atoms with Crippen molar-refractivity contribution in [1.82, 2.24) is 0 Å². The van der Waals surface area contributed by atoms with E-state index in [1.807, 2.05) is 30.3 Å². The van der Waals surface area contributed by atoms with Gasteiger partial charge >= 0.3 is 7.60 Å². The predicted octanol–water partition coefficient (Wildman–Crippen LogP) is 2.35. The summed E-state index contributed by atoms with van der Waals surface area (Å²) in [7, 11) is -1.20. The highest BCUT2D eigenvalue weighted by Crippen LogP contribution is 2.47. The quantitative estimate of drug-likeness (QED) is 0.552. The van der Waals surface area contributed by atoms with Crippen LogP contribution in [0.2, 0.25) is 0 Å². The summed E-state index contributed by atoms with van der Waals surface area (Å²) in [5, 5.41) is 0. The van der Waals surface area contributed by atoms with Gasteiger partial charge in [-0.25, -0.2) is 0 Å². The van der Waals surface area contributed by atoms with Crippen LogP contribution in [0.4, 0.5) is 0 Å². The highest BCUT2D eigenvalue weighted by molar-refractivity contribution is 7.54. The number of Topliss-reactive ketones (excluding diaryl/α,β-unsaturated/α-hetero) is 2. The van der Waals surface area contributed by atoms with Crippen LogP contribution in [0.5, 0.6) is 0 Å². The van der Waals surface area contributed by atoms with Crippen molar-refractivity contribution in [1.29, 1.82) is 0 Å². The molecule has 0 radical (unpaired) electrons. The molecule has 2 rings (SSSR count). The van der Waals surface area contributed by atoms with Crippen molar-refractivity contribution in [3.63, 3.8) is 0 Å². The van der Waals surface area contributed by atoms with Crippen LogP contribution in [-0.4, -0.2) is 56.5 Å². The first-order chi connectivity index (χ1) is 12.7. The van der Waals surface area contributed by atoms with Crippen molar-refractivity contribution < 1.29 is 37.4 Å². The summed E-state index contributed by atoms with van der Waals surface area (Å²) < 4.78 is 38.4. The van der Waals surface area contributed by atoms with E-state index in [0.29, 0.717) is 0 Å². The third-order valence-electron chi connectivity index (χ3n) is 3.99. The van der Waals surface area contributed by atoms with Gasteiger partial charge in [0.05, 0.1) is 6.61 Å². The van der Waals surface area contributed by atoms with E-state index >= 15 is 0 Å². The molecule has 2 unspecified atom stereocenters. The third kappa shape index (κ3) is 6.04. The van der Waals surface area contributed by atoms with E-state index in [1.165, 1.54) is 14.2 Å². The van der Waals surface area contributed by atoms with Crippen molar-refractivity contribution in [3.8, 4) is 0 Å². The molecule has 1 saturated heterocycles. The van der Waals surface area contributed by atoms with Crippen molar-refractivity contribution in [3.05, 3.63) is 35.9 Å². The van der Waals surface area contributed by atoms with E-state index in [0.717, 1.165) is 5.56 Å². The molecule has 1 fully saturated rings. The molecule has 1 aliphatic rings. The lowest BCUT2D eigenvalue weighted by molar-refractivity contribution is -0.159. The summed E-state index contributed by atoms with van der Waals surface area (Å²) >= 11 is 0. The first-order valence-electron chi connectivity index (χ1n) is 8.43. The van der Waals surface area contributed by atoms with Gasteiger partial charge in [-0.3, -0.25) is 14.2 Å². The normalized spacial score (nSPS) is 21.9. The zero-order valence-corrected chi connectivity index (χ0v) is 16.8. The third-order valence-corrected chi connectivity index (χ3v) is 5.80. The fraction of sp³-hybridized carbons (Fsp3) is 0.556. The molecular weight excluding hydrogens is 375 g/mol. The van der Waals surface area contributed by atoms with Gasteiger partial charge in [0.25, 0.3) is 0 Å². The first kappa shape index (κ1) is 21.9. The molecule has 27 heavy (non-hydrogen) atoms. The van der Waals surface area contributed by atoms with Gasteiger partial charge in [-0.15, -0.1) is 0 Å². The van der Waals surface area contributed by atoms with Crippen LogP contribution < -0.4 is 0 Å². The molecule has 0 spiro atoms. The maximum Gasteiger partial charge on any atom is 0.337 e. The molecule has 150 valence electrons. The molecule has 1 aliphatic heterocycles. The number of carbonyl (C=O) groups is 2. The van der Waals surface area contributed by atoms with Gasteiger partial charge < -0.3 is 23.3 Å². The topological polar surface area (TPSA) is 97.4 Å². The Labute approximate surface area is 158 Å². The highest BCUT2D eigenvalue weighted by atomic mass is 31.2. The molecule has 8 nitrogen and oxygen atoms in total. The Morgan fingerprint density at radius 2 is 1.59 bits per heavy atom. The Balaban J connectivity index is 2.00.